The lowest BCUT2D eigenvalue weighted by Crippen LogP contribution is -2.13. The molecule has 0 bridgehead atoms. The van der Waals surface area contributed by atoms with E-state index in [1.807, 2.05) is 36.5 Å². The van der Waals surface area contributed by atoms with Crippen LogP contribution in [0.4, 0.5) is 0 Å². The minimum Gasteiger partial charge on any atom is -0.487 e. The molecule has 2 aromatic heterocycles. The van der Waals surface area contributed by atoms with Crippen LogP contribution in [0.15, 0.2) is 48.7 Å². The van der Waals surface area contributed by atoms with Crippen molar-refractivity contribution in [1.29, 1.82) is 0 Å². The van der Waals surface area contributed by atoms with Gasteiger partial charge in [-0.2, -0.15) is 0 Å². The lowest BCUT2D eigenvalue weighted by atomic mass is 10.2. The van der Waals surface area contributed by atoms with E-state index >= 15 is 0 Å². The van der Waals surface area contributed by atoms with E-state index in [4.69, 9.17) is 28.7 Å². The van der Waals surface area contributed by atoms with Crippen molar-refractivity contribution in [3.63, 3.8) is 0 Å². The van der Waals surface area contributed by atoms with Gasteiger partial charge in [0.25, 0.3) is 0 Å². The molecule has 5 rings (SSSR count). The molecular weight excluding hydrogens is 428 g/mol. The fourth-order valence-electron chi connectivity index (χ4n) is 3.44. The smallest absolute Gasteiger partial charge is 0.163 e. The maximum Gasteiger partial charge on any atom is 0.163 e. The molecule has 0 saturated carbocycles. The molecule has 1 aliphatic heterocycles. The second-order valence-corrected chi connectivity index (χ2v) is 8.27. The zero-order valence-corrected chi connectivity index (χ0v) is 18.4. The van der Waals surface area contributed by atoms with Gasteiger partial charge in [-0.05, 0) is 12.1 Å². The minimum absolute atomic E-state index is 0.421. The van der Waals surface area contributed by atoms with E-state index < -0.39 is 0 Å². The summed E-state index contributed by atoms with van der Waals surface area (Å²) in [6.45, 7) is 3.95. The Labute approximate surface area is 189 Å². The highest BCUT2D eigenvalue weighted by Crippen LogP contribution is 2.38. The van der Waals surface area contributed by atoms with Gasteiger partial charge >= 0.3 is 0 Å². The van der Waals surface area contributed by atoms with Crippen molar-refractivity contribution in [2.45, 2.75) is 0 Å². The molecule has 0 aliphatic carbocycles. The molecule has 1 aliphatic rings. The maximum absolute atomic E-state index is 5.98. The number of aromatic nitrogens is 2. The van der Waals surface area contributed by atoms with Crippen LogP contribution in [0.2, 0.25) is 0 Å². The fourth-order valence-corrected chi connectivity index (χ4v) is 4.39. The Kier molecular flexibility index (Phi) is 6.74. The Morgan fingerprint density at radius 2 is 1.34 bits per heavy atom. The summed E-state index contributed by atoms with van der Waals surface area (Å²) in [4.78, 5) is 9.41. The molecule has 0 N–H and O–H groups in total. The van der Waals surface area contributed by atoms with Gasteiger partial charge in [0, 0.05) is 29.3 Å². The Hall–Kier alpha value is -2.78. The third-order valence-electron chi connectivity index (χ3n) is 5.01. The van der Waals surface area contributed by atoms with E-state index in [9.17, 15) is 0 Å². The second kappa shape index (κ2) is 10.2. The Bertz CT molecular complexity index is 1140. The van der Waals surface area contributed by atoms with Crippen LogP contribution >= 0.6 is 11.3 Å². The average molecular weight is 453 g/mol. The number of pyridine rings is 1. The molecule has 0 amide bonds. The van der Waals surface area contributed by atoms with Crippen LogP contribution in [0.25, 0.3) is 31.7 Å². The highest BCUT2D eigenvalue weighted by molar-refractivity contribution is 7.21. The second-order valence-electron chi connectivity index (χ2n) is 7.24. The van der Waals surface area contributed by atoms with Gasteiger partial charge in [0.1, 0.15) is 18.2 Å². The Morgan fingerprint density at radius 3 is 2.09 bits per heavy atom. The van der Waals surface area contributed by atoms with Crippen molar-refractivity contribution in [3.8, 4) is 22.1 Å². The highest BCUT2D eigenvalue weighted by atomic mass is 32.1. The summed E-state index contributed by atoms with van der Waals surface area (Å²) in [7, 11) is 0. The summed E-state index contributed by atoms with van der Waals surface area (Å²) in [5.74, 6) is 1.33. The van der Waals surface area contributed by atoms with Crippen LogP contribution in [0, 0.1) is 0 Å². The SMILES string of the molecule is c1ccc2ncc(-c3nc4cc5c(cc4s3)OCCOCCOCCOCCO5)cc2c1. The Morgan fingerprint density at radius 1 is 0.688 bits per heavy atom. The van der Waals surface area contributed by atoms with Crippen LogP contribution in [0.1, 0.15) is 0 Å². The normalized spacial score (nSPS) is 16.5. The van der Waals surface area contributed by atoms with Crippen molar-refractivity contribution in [3.05, 3.63) is 48.7 Å². The third kappa shape index (κ3) is 4.99. The summed E-state index contributed by atoms with van der Waals surface area (Å²) in [6.07, 6.45) is 1.87. The van der Waals surface area contributed by atoms with E-state index in [2.05, 4.69) is 17.1 Å². The molecule has 2 aromatic carbocycles. The summed E-state index contributed by atoms with van der Waals surface area (Å²) in [5.41, 5.74) is 2.83. The van der Waals surface area contributed by atoms with Crippen molar-refractivity contribution in [2.75, 3.05) is 52.9 Å². The number of thiazole rings is 1. The zero-order chi connectivity index (χ0) is 21.6. The van der Waals surface area contributed by atoms with Gasteiger partial charge < -0.3 is 23.7 Å². The molecule has 0 unspecified atom stereocenters. The van der Waals surface area contributed by atoms with Gasteiger partial charge in [-0.25, -0.2) is 4.98 Å². The van der Waals surface area contributed by atoms with Crippen molar-refractivity contribution >= 4 is 32.5 Å². The predicted molar refractivity (Wildman–Crippen MR) is 124 cm³/mol. The largest absolute Gasteiger partial charge is 0.487 e. The maximum atomic E-state index is 5.98. The molecule has 0 atom stereocenters. The minimum atomic E-state index is 0.421. The summed E-state index contributed by atoms with van der Waals surface area (Å²) >= 11 is 1.61. The van der Waals surface area contributed by atoms with E-state index in [-0.39, 0.29) is 0 Å². The average Bonchev–Trinajstić information content (AvgIpc) is 3.23. The first-order chi connectivity index (χ1) is 15.9. The topological polar surface area (TPSA) is 71.9 Å². The molecule has 3 heterocycles. The van der Waals surface area contributed by atoms with E-state index in [1.165, 1.54) is 0 Å². The molecular formula is C24H24N2O5S. The summed E-state index contributed by atoms with van der Waals surface area (Å²) < 4.78 is 29.5. The lowest BCUT2D eigenvalue weighted by Gasteiger charge is -2.13. The quantitative estimate of drug-likeness (QED) is 0.426. The van der Waals surface area contributed by atoms with Crippen molar-refractivity contribution in [1.82, 2.24) is 9.97 Å². The van der Waals surface area contributed by atoms with E-state index in [1.54, 1.807) is 11.3 Å². The van der Waals surface area contributed by atoms with Gasteiger partial charge in [-0.1, -0.05) is 18.2 Å². The molecule has 0 saturated heterocycles. The molecule has 32 heavy (non-hydrogen) atoms. The number of benzene rings is 2. The van der Waals surface area contributed by atoms with E-state index in [0.717, 1.165) is 31.7 Å². The highest BCUT2D eigenvalue weighted by Gasteiger charge is 2.14. The molecule has 4 aromatic rings. The first kappa shape index (κ1) is 21.1. The number of fused-ring (bicyclic) bond motifs is 3. The zero-order valence-electron chi connectivity index (χ0n) is 17.6. The van der Waals surface area contributed by atoms with Gasteiger partial charge in [-0.3, -0.25) is 4.98 Å². The first-order valence-electron chi connectivity index (χ1n) is 10.7. The summed E-state index contributed by atoms with van der Waals surface area (Å²) in [6, 6.07) is 14.1. The van der Waals surface area contributed by atoms with Crippen LogP contribution in [-0.2, 0) is 14.2 Å². The van der Waals surface area contributed by atoms with Gasteiger partial charge in [0.05, 0.1) is 55.4 Å². The number of para-hydroxylation sites is 1. The molecule has 166 valence electrons. The molecule has 0 fully saturated rings. The predicted octanol–water partition coefficient (Wildman–Crippen LogP) is 4.33. The van der Waals surface area contributed by atoms with Gasteiger partial charge in [0.2, 0.25) is 0 Å². The van der Waals surface area contributed by atoms with Crippen LogP contribution in [0.3, 0.4) is 0 Å². The monoisotopic (exact) mass is 452 g/mol. The lowest BCUT2D eigenvalue weighted by molar-refractivity contribution is 0.00708. The number of hydrogen-bond donors (Lipinski definition) is 0. The number of rotatable bonds is 1. The fraction of sp³-hybridized carbons (Fsp3) is 0.333. The first-order valence-corrected chi connectivity index (χ1v) is 11.5. The van der Waals surface area contributed by atoms with Gasteiger partial charge in [-0.15, -0.1) is 11.3 Å². The van der Waals surface area contributed by atoms with Crippen molar-refractivity contribution in [2.24, 2.45) is 0 Å². The van der Waals surface area contributed by atoms with E-state index in [0.29, 0.717) is 64.4 Å². The van der Waals surface area contributed by atoms with Gasteiger partial charge in [0.15, 0.2) is 11.5 Å². The third-order valence-corrected chi connectivity index (χ3v) is 6.07. The number of nitrogens with zero attached hydrogens (tertiary/aromatic N) is 2. The Balaban J connectivity index is 1.42. The van der Waals surface area contributed by atoms with Crippen LogP contribution in [-0.4, -0.2) is 62.8 Å². The molecule has 0 radical (unpaired) electrons. The molecule has 7 nitrogen and oxygen atoms in total. The molecule has 0 spiro atoms. The van der Waals surface area contributed by atoms with Crippen LogP contribution < -0.4 is 9.47 Å². The summed E-state index contributed by atoms with van der Waals surface area (Å²) in [5, 5.41) is 2.01. The van der Waals surface area contributed by atoms with Crippen molar-refractivity contribution < 1.29 is 23.7 Å². The molecule has 8 heteroatoms. The standard InChI is InChI=1S/C24H24N2O5S/c1-2-4-19-17(3-1)13-18(16-25-19)24-26-20-14-21-22(15-23(20)32-24)31-12-10-29-8-6-27-5-7-28-9-11-30-21/h1-4,13-16H,5-12H2. The number of hydrogen-bond acceptors (Lipinski definition) is 8. The van der Waals surface area contributed by atoms with Crippen LogP contribution in [0.5, 0.6) is 11.5 Å². The number of ether oxygens (including phenoxy) is 5.